The molecule has 0 aliphatic carbocycles. The molecule has 0 spiro atoms. The van der Waals surface area contributed by atoms with E-state index in [1.165, 1.54) is 0 Å². The highest BCUT2D eigenvalue weighted by Crippen LogP contribution is 2.25. The van der Waals surface area contributed by atoms with Gasteiger partial charge in [-0.05, 0) is 33.6 Å². The van der Waals surface area contributed by atoms with Gasteiger partial charge in [-0.2, -0.15) is 5.10 Å². The van der Waals surface area contributed by atoms with Gasteiger partial charge >= 0.3 is 0 Å². The monoisotopic (exact) mass is 348 g/mol. The molecule has 0 N–H and O–H groups in total. The largest absolute Gasteiger partial charge is 0.497 e. The average Bonchev–Trinajstić information content (AvgIpc) is 3.06. The van der Waals surface area contributed by atoms with Gasteiger partial charge in [0.1, 0.15) is 5.75 Å². The van der Waals surface area contributed by atoms with Gasteiger partial charge in [-0.1, -0.05) is 12.1 Å². The summed E-state index contributed by atoms with van der Waals surface area (Å²) in [7, 11) is 3.48. The van der Waals surface area contributed by atoms with Crippen molar-refractivity contribution in [2.75, 3.05) is 7.11 Å². The van der Waals surface area contributed by atoms with Crippen molar-refractivity contribution < 1.29 is 9.15 Å². The van der Waals surface area contributed by atoms with Crippen LogP contribution >= 0.6 is 15.9 Å². The van der Waals surface area contributed by atoms with Gasteiger partial charge in [0.2, 0.25) is 5.89 Å². The number of hydrogen-bond donors (Lipinski definition) is 0. The number of benzene rings is 1. The molecule has 3 aromatic rings. The van der Waals surface area contributed by atoms with Crippen molar-refractivity contribution in [1.29, 1.82) is 0 Å². The Morgan fingerprint density at radius 1 is 1.24 bits per heavy atom. The van der Waals surface area contributed by atoms with Gasteiger partial charge in [0.15, 0.2) is 5.69 Å². The second kappa shape index (κ2) is 5.69. The van der Waals surface area contributed by atoms with E-state index < -0.39 is 0 Å². The Balaban J connectivity index is 1.80. The lowest BCUT2D eigenvalue weighted by Crippen LogP contribution is -1.89. The van der Waals surface area contributed by atoms with E-state index in [-0.39, 0.29) is 0 Å². The first kappa shape index (κ1) is 13.8. The summed E-state index contributed by atoms with van der Waals surface area (Å²) in [4.78, 5) is 0. The second-order valence-corrected chi connectivity index (χ2v) is 5.38. The Hall–Kier alpha value is -2.15. The fourth-order valence-corrected chi connectivity index (χ4v) is 2.49. The lowest BCUT2D eigenvalue weighted by atomic mass is 10.1. The van der Waals surface area contributed by atoms with E-state index in [1.807, 2.05) is 37.5 Å². The van der Waals surface area contributed by atoms with Gasteiger partial charge in [-0.25, -0.2) is 0 Å². The molecular formula is C14H13BrN4O2. The van der Waals surface area contributed by atoms with Crippen LogP contribution in [0.3, 0.4) is 0 Å². The molecule has 0 aliphatic heterocycles. The summed E-state index contributed by atoms with van der Waals surface area (Å²) in [6, 6.07) is 7.75. The highest BCUT2D eigenvalue weighted by Gasteiger charge is 2.15. The van der Waals surface area contributed by atoms with Crippen molar-refractivity contribution >= 4 is 15.9 Å². The zero-order valence-corrected chi connectivity index (χ0v) is 13.2. The lowest BCUT2D eigenvalue weighted by Gasteiger charge is -2.00. The van der Waals surface area contributed by atoms with Crippen LogP contribution in [-0.2, 0) is 13.5 Å². The minimum atomic E-state index is 0.408. The van der Waals surface area contributed by atoms with Crippen molar-refractivity contribution in [3.8, 4) is 17.3 Å². The Bertz CT molecular complexity index is 749. The van der Waals surface area contributed by atoms with E-state index in [4.69, 9.17) is 9.15 Å². The molecule has 7 heteroatoms. The highest BCUT2D eigenvalue weighted by atomic mass is 79.9. The maximum absolute atomic E-state index is 5.67. The van der Waals surface area contributed by atoms with Crippen molar-refractivity contribution in [1.82, 2.24) is 20.0 Å². The Kier molecular flexibility index (Phi) is 3.74. The quantitative estimate of drug-likeness (QED) is 0.725. The molecule has 3 rings (SSSR count). The van der Waals surface area contributed by atoms with Crippen molar-refractivity contribution in [2.24, 2.45) is 7.05 Å². The number of hydrogen-bond acceptors (Lipinski definition) is 5. The van der Waals surface area contributed by atoms with Crippen LogP contribution < -0.4 is 4.74 Å². The summed E-state index contributed by atoms with van der Waals surface area (Å²) in [6.45, 7) is 0. The minimum absolute atomic E-state index is 0.408. The molecule has 0 saturated carbocycles. The van der Waals surface area contributed by atoms with Crippen LogP contribution in [0.1, 0.15) is 11.5 Å². The van der Waals surface area contributed by atoms with Gasteiger partial charge in [0, 0.05) is 13.2 Å². The number of methoxy groups -OCH3 is 1. The molecule has 108 valence electrons. The summed E-state index contributed by atoms with van der Waals surface area (Å²) in [5.41, 5.74) is 1.72. The first-order valence-corrected chi connectivity index (χ1v) is 7.10. The molecule has 0 aliphatic rings. The summed E-state index contributed by atoms with van der Waals surface area (Å²) in [6.07, 6.45) is 2.41. The van der Waals surface area contributed by atoms with Gasteiger partial charge in [0.05, 0.1) is 18.0 Å². The minimum Gasteiger partial charge on any atom is -0.497 e. The summed E-state index contributed by atoms with van der Waals surface area (Å²) in [5, 5.41) is 12.4. The third kappa shape index (κ3) is 2.97. The van der Waals surface area contributed by atoms with E-state index in [0.717, 1.165) is 15.8 Å². The first-order valence-electron chi connectivity index (χ1n) is 6.30. The van der Waals surface area contributed by atoms with E-state index in [1.54, 1.807) is 11.8 Å². The second-order valence-electron chi connectivity index (χ2n) is 4.53. The van der Waals surface area contributed by atoms with Crippen molar-refractivity contribution in [2.45, 2.75) is 6.42 Å². The zero-order valence-electron chi connectivity index (χ0n) is 11.6. The van der Waals surface area contributed by atoms with Crippen LogP contribution in [0.15, 0.2) is 39.4 Å². The van der Waals surface area contributed by atoms with Gasteiger partial charge in [-0.3, -0.25) is 4.68 Å². The number of aryl methyl sites for hydroxylation is 1. The molecule has 0 radical (unpaired) electrons. The molecule has 0 bridgehead atoms. The smallest absolute Gasteiger partial charge is 0.269 e. The number of halogens is 1. The van der Waals surface area contributed by atoms with Gasteiger partial charge in [0.25, 0.3) is 5.89 Å². The molecule has 2 heterocycles. The van der Waals surface area contributed by atoms with Crippen LogP contribution in [0.25, 0.3) is 11.6 Å². The number of ether oxygens (including phenoxy) is 1. The number of nitrogens with zero attached hydrogens (tertiary/aromatic N) is 4. The lowest BCUT2D eigenvalue weighted by molar-refractivity contribution is 0.414. The molecule has 0 saturated heterocycles. The van der Waals surface area contributed by atoms with Crippen LogP contribution in [0.4, 0.5) is 0 Å². The molecule has 6 nitrogen and oxygen atoms in total. The van der Waals surface area contributed by atoms with Crippen molar-refractivity contribution in [3.63, 3.8) is 0 Å². The van der Waals surface area contributed by atoms with E-state index in [9.17, 15) is 0 Å². The summed E-state index contributed by atoms with van der Waals surface area (Å²) in [5.74, 6) is 1.78. The van der Waals surface area contributed by atoms with Crippen LogP contribution in [-0.4, -0.2) is 27.1 Å². The topological polar surface area (TPSA) is 66.0 Å². The Morgan fingerprint density at radius 2 is 2.00 bits per heavy atom. The highest BCUT2D eigenvalue weighted by molar-refractivity contribution is 9.10. The van der Waals surface area contributed by atoms with Gasteiger partial charge < -0.3 is 9.15 Å². The molecule has 0 fully saturated rings. The third-order valence-corrected chi connectivity index (χ3v) is 3.55. The van der Waals surface area contributed by atoms with E-state index in [2.05, 4.69) is 31.2 Å². The van der Waals surface area contributed by atoms with Crippen LogP contribution in [0.5, 0.6) is 5.75 Å². The molecule has 1 aromatic carbocycles. The van der Waals surface area contributed by atoms with Crippen molar-refractivity contribution in [3.05, 3.63) is 46.4 Å². The van der Waals surface area contributed by atoms with E-state index >= 15 is 0 Å². The summed E-state index contributed by atoms with van der Waals surface area (Å²) >= 11 is 3.42. The molecule has 2 aromatic heterocycles. The van der Waals surface area contributed by atoms with Gasteiger partial charge in [-0.15, -0.1) is 10.2 Å². The summed E-state index contributed by atoms with van der Waals surface area (Å²) < 4.78 is 13.3. The molecule has 0 amide bonds. The number of aromatic nitrogens is 4. The Labute approximate surface area is 129 Å². The Morgan fingerprint density at radius 3 is 2.62 bits per heavy atom. The predicted molar refractivity (Wildman–Crippen MR) is 80.0 cm³/mol. The third-order valence-electron chi connectivity index (χ3n) is 2.97. The molecular weight excluding hydrogens is 336 g/mol. The predicted octanol–water partition coefficient (Wildman–Crippen LogP) is 2.83. The zero-order chi connectivity index (χ0) is 14.8. The number of rotatable bonds is 4. The van der Waals surface area contributed by atoms with E-state index in [0.29, 0.717) is 23.9 Å². The first-order chi connectivity index (χ1) is 10.2. The maximum atomic E-state index is 5.67. The van der Waals surface area contributed by atoms with Crippen LogP contribution in [0.2, 0.25) is 0 Å². The molecule has 0 atom stereocenters. The molecule has 0 unspecified atom stereocenters. The van der Waals surface area contributed by atoms with Crippen LogP contribution in [0, 0.1) is 0 Å². The molecule has 21 heavy (non-hydrogen) atoms. The average molecular weight is 349 g/mol. The SMILES string of the molecule is COc1ccc(Cc2nnc(-c3nn(C)cc3Br)o2)cc1. The standard InChI is InChI=1S/C14H13BrN4O2/c1-19-8-11(15)13(18-19)14-17-16-12(21-14)7-9-3-5-10(20-2)6-4-9/h3-6,8H,7H2,1-2H3. The maximum Gasteiger partial charge on any atom is 0.269 e. The fraction of sp³-hybridized carbons (Fsp3) is 0.214. The fourth-order valence-electron chi connectivity index (χ4n) is 1.94. The normalized spacial score (nSPS) is 10.8.